The predicted octanol–water partition coefficient (Wildman–Crippen LogP) is 2.15. The fraction of sp³-hybridized carbons (Fsp3) is 0.533. The van der Waals surface area contributed by atoms with Gasteiger partial charge in [-0.2, -0.15) is 0 Å². The second kappa shape index (κ2) is 12.8. The summed E-state index contributed by atoms with van der Waals surface area (Å²) >= 11 is 0. The number of rotatable bonds is 8. The molecule has 0 radical (unpaired) electrons. The van der Waals surface area contributed by atoms with E-state index in [2.05, 4.69) is 39.9 Å². The molecule has 0 fully saturated rings. The molecule has 6 heteroatoms. The highest BCUT2D eigenvalue weighted by molar-refractivity contribution is 14.0. The summed E-state index contributed by atoms with van der Waals surface area (Å²) in [6, 6.07) is 8.33. The van der Waals surface area contributed by atoms with Crippen molar-refractivity contribution in [3.8, 4) is 0 Å². The summed E-state index contributed by atoms with van der Waals surface area (Å²) in [5.74, 6) is 0.783. The summed E-state index contributed by atoms with van der Waals surface area (Å²) in [7, 11) is 3.46. The van der Waals surface area contributed by atoms with Crippen LogP contribution in [0.25, 0.3) is 0 Å². The number of aliphatic imine (C=N–C) groups is 1. The lowest BCUT2D eigenvalue weighted by Gasteiger charge is -2.12. The van der Waals surface area contributed by atoms with E-state index in [-0.39, 0.29) is 24.0 Å². The molecule has 0 aliphatic rings. The second-order valence-corrected chi connectivity index (χ2v) is 4.30. The van der Waals surface area contributed by atoms with Crippen molar-refractivity contribution in [3.05, 3.63) is 35.4 Å². The number of ether oxygens (including phenoxy) is 2. The van der Waals surface area contributed by atoms with Crippen molar-refractivity contribution in [2.75, 3.05) is 33.9 Å². The van der Waals surface area contributed by atoms with Crippen LogP contribution in [0.5, 0.6) is 0 Å². The molecule has 0 atom stereocenters. The van der Waals surface area contributed by atoms with Crippen LogP contribution in [0, 0.1) is 0 Å². The minimum absolute atomic E-state index is 0. The highest BCUT2D eigenvalue weighted by Gasteiger charge is 1.98. The van der Waals surface area contributed by atoms with E-state index in [1.54, 1.807) is 14.2 Å². The highest BCUT2D eigenvalue weighted by atomic mass is 127. The highest BCUT2D eigenvalue weighted by Crippen LogP contribution is 2.05. The van der Waals surface area contributed by atoms with Gasteiger partial charge in [-0.15, -0.1) is 24.0 Å². The number of methoxy groups -OCH3 is 1. The van der Waals surface area contributed by atoms with E-state index in [9.17, 15) is 0 Å². The van der Waals surface area contributed by atoms with Crippen LogP contribution in [0.4, 0.5) is 0 Å². The van der Waals surface area contributed by atoms with Gasteiger partial charge in [0.25, 0.3) is 0 Å². The molecule has 0 aliphatic carbocycles. The van der Waals surface area contributed by atoms with Crippen LogP contribution in [0.3, 0.4) is 0 Å². The average Bonchev–Trinajstić information content (AvgIpc) is 2.48. The Bertz CT molecular complexity index is 396. The lowest BCUT2D eigenvalue weighted by molar-refractivity contribution is 0.152. The number of nitrogens with zero attached hydrogens (tertiary/aromatic N) is 1. The Kier molecular flexibility index (Phi) is 12.3. The molecule has 0 saturated heterocycles. The quantitative estimate of drug-likeness (QED) is 0.300. The van der Waals surface area contributed by atoms with Crippen LogP contribution in [-0.2, 0) is 22.6 Å². The molecule has 2 N–H and O–H groups in total. The van der Waals surface area contributed by atoms with Gasteiger partial charge in [-0.3, -0.25) is 4.99 Å². The van der Waals surface area contributed by atoms with Crippen LogP contribution in [-0.4, -0.2) is 39.9 Å². The zero-order chi connectivity index (χ0) is 14.6. The second-order valence-electron chi connectivity index (χ2n) is 4.30. The third kappa shape index (κ3) is 8.90. The number of hydrogen-bond acceptors (Lipinski definition) is 3. The monoisotopic (exact) mass is 407 g/mol. The molecule has 0 aromatic heterocycles. The van der Waals surface area contributed by atoms with E-state index in [1.807, 2.05) is 6.92 Å². The molecule has 0 amide bonds. The Balaban J connectivity index is 0.00000400. The maximum absolute atomic E-state index is 5.27. The van der Waals surface area contributed by atoms with Crippen LogP contribution < -0.4 is 10.6 Å². The van der Waals surface area contributed by atoms with Crippen molar-refractivity contribution in [1.29, 1.82) is 0 Å². The Morgan fingerprint density at radius 3 is 2.38 bits per heavy atom. The zero-order valence-corrected chi connectivity index (χ0v) is 15.3. The third-order valence-corrected chi connectivity index (χ3v) is 2.76. The van der Waals surface area contributed by atoms with Gasteiger partial charge in [0.05, 0.1) is 13.2 Å². The van der Waals surface area contributed by atoms with Gasteiger partial charge in [-0.1, -0.05) is 24.3 Å². The van der Waals surface area contributed by atoms with Gasteiger partial charge in [0.15, 0.2) is 5.96 Å². The summed E-state index contributed by atoms with van der Waals surface area (Å²) in [5, 5.41) is 6.47. The number of halogens is 1. The fourth-order valence-electron chi connectivity index (χ4n) is 1.71. The largest absolute Gasteiger partial charge is 0.380 e. The lowest BCUT2D eigenvalue weighted by atomic mass is 10.1. The average molecular weight is 407 g/mol. The molecule has 1 aromatic carbocycles. The maximum atomic E-state index is 5.27. The van der Waals surface area contributed by atoms with Gasteiger partial charge in [-0.25, -0.2) is 0 Å². The summed E-state index contributed by atoms with van der Waals surface area (Å²) < 4.78 is 10.4. The predicted molar refractivity (Wildman–Crippen MR) is 97.3 cm³/mol. The molecule has 1 rings (SSSR count). The lowest BCUT2D eigenvalue weighted by Crippen LogP contribution is -2.38. The SMILES string of the molecule is CCOCCNC(=NC)NCc1ccc(COC)cc1.I. The van der Waals surface area contributed by atoms with Gasteiger partial charge < -0.3 is 20.1 Å². The van der Waals surface area contributed by atoms with Gasteiger partial charge in [0.2, 0.25) is 0 Å². The first-order valence-corrected chi connectivity index (χ1v) is 6.89. The van der Waals surface area contributed by atoms with Gasteiger partial charge in [0.1, 0.15) is 0 Å². The Morgan fingerprint density at radius 2 is 1.81 bits per heavy atom. The van der Waals surface area contributed by atoms with E-state index in [0.717, 1.165) is 25.7 Å². The normalized spacial score (nSPS) is 10.9. The van der Waals surface area contributed by atoms with Crippen LogP contribution in [0.1, 0.15) is 18.1 Å². The maximum Gasteiger partial charge on any atom is 0.191 e. The molecule has 120 valence electrons. The van der Waals surface area contributed by atoms with Crippen molar-refractivity contribution < 1.29 is 9.47 Å². The topological polar surface area (TPSA) is 54.9 Å². The van der Waals surface area contributed by atoms with E-state index in [1.165, 1.54) is 11.1 Å². The number of guanidine groups is 1. The van der Waals surface area contributed by atoms with Crippen molar-refractivity contribution in [2.45, 2.75) is 20.1 Å². The van der Waals surface area contributed by atoms with E-state index in [4.69, 9.17) is 9.47 Å². The Morgan fingerprint density at radius 1 is 1.14 bits per heavy atom. The summed E-state index contributed by atoms with van der Waals surface area (Å²) in [6.07, 6.45) is 0. The summed E-state index contributed by atoms with van der Waals surface area (Å²) in [4.78, 5) is 4.17. The van der Waals surface area contributed by atoms with E-state index in [0.29, 0.717) is 13.2 Å². The van der Waals surface area contributed by atoms with Crippen molar-refractivity contribution >= 4 is 29.9 Å². The van der Waals surface area contributed by atoms with E-state index >= 15 is 0 Å². The zero-order valence-electron chi connectivity index (χ0n) is 13.0. The third-order valence-electron chi connectivity index (χ3n) is 2.76. The number of nitrogens with one attached hydrogen (secondary N) is 2. The standard InChI is InChI=1S/C15H25N3O2.HI/c1-4-20-10-9-17-15(16-2)18-11-13-5-7-14(8-6-13)12-19-3;/h5-8H,4,9-12H2,1-3H3,(H2,16,17,18);1H. The van der Waals surface area contributed by atoms with Crippen LogP contribution >= 0.6 is 24.0 Å². The van der Waals surface area contributed by atoms with Gasteiger partial charge >= 0.3 is 0 Å². The van der Waals surface area contributed by atoms with Crippen LogP contribution in [0.15, 0.2) is 29.3 Å². The summed E-state index contributed by atoms with van der Waals surface area (Å²) in [6.45, 7) is 5.54. The molecule has 5 nitrogen and oxygen atoms in total. The molecular formula is C15H26IN3O2. The van der Waals surface area contributed by atoms with E-state index < -0.39 is 0 Å². The minimum atomic E-state index is 0. The molecule has 0 heterocycles. The minimum Gasteiger partial charge on any atom is -0.380 e. The van der Waals surface area contributed by atoms with Gasteiger partial charge in [-0.05, 0) is 18.1 Å². The van der Waals surface area contributed by atoms with Crippen LogP contribution in [0.2, 0.25) is 0 Å². The molecule has 0 saturated carbocycles. The molecule has 21 heavy (non-hydrogen) atoms. The molecule has 0 spiro atoms. The molecule has 1 aromatic rings. The molecule has 0 unspecified atom stereocenters. The Labute approximate surface area is 144 Å². The van der Waals surface area contributed by atoms with Crippen molar-refractivity contribution in [2.24, 2.45) is 4.99 Å². The van der Waals surface area contributed by atoms with Crippen molar-refractivity contribution in [3.63, 3.8) is 0 Å². The smallest absolute Gasteiger partial charge is 0.191 e. The van der Waals surface area contributed by atoms with Crippen molar-refractivity contribution in [1.82, 2.24) is 10.6 Å². The summed E-state index contributed by atoms with van der Waals surface area (Å²) in [5.41, 5.74) is 2.38. The Hall–Kier alpha value is -0.860. The first kappa shape index (κ1) is 20.1. The number of benzene rings is 1. The molecule has 0 bridgehead atoms. The molecule has 0 aliphatic heterocycles. The number of hydrogen-bond donors (Lipinski definition) is 2. The molecular weight excluding hydrogens is 381 g/mol. The fourth-order valence-corrected chi connectivity index (χ4v) is 1.71. The van der Waals surface area contributed by atoms with Gasteiger partial charge in [0, 0.05) is 33.9 Å². The first-order valence-electron chi connectivity index (χ1n) is 6.89. The first-order chi connectivity index (χ1) is 9.80.